The molecule has 2 aromatic rings. The summed E-state index contributed by atoms with van der Waals surface area (Å²) in [5, 5.41) is 3.54. The van der Waals surface area contributed by atoms with Crippen LogP contribution in [0.25, 0.3) is 0 Å². The number of rotatable bonds is 5. The molecule has 1 N–H and O–H groups in total. The summed E-state index contributed by atoms with van der Waals surface area (Å²) in [4.78, 5) is 27.0. The normalized spacial score (nSPS) is 18.2. The maximum atomic E-state index is 13.0. The van der Waals surface area contributed by atoms with E-state index >= 15 is 0 Å². The topological polar surface area (TPSA) is 105 Å². The molecule has 1 amide bonds. The minimum absolute atomic E-state index is 0.00810. The van der Waals surface area contributed by atoms with Crippen molar-refractivity contribution >= 4 is 39.3 Å². The van der Waals surface area contributed by atoms with E-state index in [9.17, 15) is 18.0 Å². The molecule has 0 saturated carbocycles. The zero-order valence-corrected chi connectivity index (χ0v) is 19.6. The third-order valence-corrected chi connectivity index (χ3v) is 7.54. The summed E-state index contributed by atoms with van der Waals surface area (Å²) in [5.74, 6) is -0.402. The highest BCUT2D eigenvalue weighted by Crippen LogP contribution is 2.30. The van der Waals surface area contributed by atoms with E-state index in [0.29, 0.717) is 42.4 Å². The number of carbonyl (C=O) groups excluding carboxylic acids is 2. The molecule has 2 heterocycles. The first-order valence-electron chi connectivity index (χ1n) is 10.6. The molecule has 10 heteroatoms. The van der Waals surface area contributed by atoms with Crippen molar-refractivity contribution < 1.29 is 22.7 Å². The second-order valence-electron chi connectivity index (χ2n) is 8.04. The molecule has 1 atom stereocenters. The van der Waals surface area contributed by atoms with Crippen LogP contribution in [0, 0.1) is 5.92 Å². The van der Waals surface area contributed by atoms with Crippen molar-refractivity contribution in [1.82, 2.24) is 10.2 Å². The highest BCUT2D eigenvalue weighted by atomic mass is 35.5. The summed E-state index contributed by atoms with van der Waals surface area (Å²) in [5.41, 5.74) is 1.36. The number of likely N-dealkylation sites (tertiary alicyclic amines) is 1. The Morgan fingerprint density at radius 1 is 1.15 bits per heavy atom. The number of nitrogens with zero attached hydrogens (tertiary/aromatic N) is 2. The lowest BCUT2D eigenvalue weighted by atomic mass is 9.94. The summed E-state index contributed by atoms with van der Waals surface area (Å²) in [7, 11) is -2.38. The van der Waals surface area contributed by atoms with Crippen LogP contribution in [-0.4, -0.2) is 51.2 Å². The largest absolute Gasteiger partial charge is 0.469 e. The molecule has 1 saturated heterocycles. The van der Waals surface area contributed by atoms with Crippen LogP contribution < -0.4 is 5.32 Å². The number of halogens is 1. The zero-order valence-electron chi connectivity index (χ0n) is 18.0. The van der Waals surface area contributed by atoms with Gasteiger partial charge in [0.2, 0.25) is 5.91 Å². The average Bonchev–Trinajstić information content (AvgIpc) is 3.10. The van der Waals surface area contributed by atoms with E-state index < -0.39 is 22.0 Å². The standard InChI is InChI=1S/C23H24ClN3O5S/c1-32-21(28)14-19(15-6-8-17(24)9-7-15)25-23(29)16-10-12-27(13-11-16)22-18-4-2-3-5-20(18)33(30,31)26-22/h2-9,16,19H,10-14H2,1H3,(H,25,29)/t19-/m1/s1. The SMILES string of the molecule is COC(=O)C[C@@H](NC(=O)C1CCN(C2=NS(=O)(=O)c3ccccc32)CC1)c1ccc(Cl)cc1. The van der Waals surface area contributed by atoms with Crippen molar-refractivity contribution in [2.75, 3.05) is 20.2 Å². The van der Waals surface area contributed by atoms with Crippen molar-refractivity contribution in [2.24, 2.45) is 10.3 Å². The van der Waals surface area contributed by atoms with E-state index in [0.717, 1.165) is 5.56 Å². The van der Waals surface area contributed by atoms with E-state index in [1.165, 1.54) is 7.11 Å². The first kappa shape index (κ1) is 23.3. The Kier molecular flexibility index (Phi) is 6.71. The number of benzene rings is 2. The lowest BCUT2D eigenvalue weighted by Gasteiger charge is -2.33. The summed E-state index contributed by atoms with van der Waals surface area (Å²) in [6, 6.07) is 13.2. The number of carbonyl (C=O) groups is 2. The molecule has 2 aliphatic heterocycles. The van der Waals surface area contributed by atoms with Gasteiger partial charge >= 0.3 is 5.97 Å². The van der Waals surface area contributed by atoms with Gasteiger partial charge in [-0.3, -0.25) is 9.59 Å². The lowest BCUT2D eigenvalue weighted by molar-refractivity contribution is -0.141. The van der Waals surface area contributed by atoms with E-state index in [4.69, 9.17) is 16.3 Å². The first-order chi connectivity index (χ1) is 15.8. The van der Waals surface area contributed by atoms with Gasteiger partial charge in [-0.2, -0.15) is 8.42 Å². The van der Waals surface area contributed by atoms with Gasteiger partial charge in [0.25, 0.3) is 10.0 Å². The number of ether oxygens (including phenoxy) is 1. The molecule has 174 valence electrons. The van der Waals surface area contributed by atoms with Crippen molar-refractivity contribution in [3.05, 3.63) is 64.7 Å². The predicted molar refractivity (Wildman–Crippen MR) is 123 cm³/mol. The Labute approximate surface area is 197 Å². The van der Waals surface area contributed by atoms with Crippen LogP contribution in [0.2, 0.25) is 5.02 Å². The monoisotopic (exact) mass is 489 g/mol. The molecule has 0 spiro atoms. The van der Waals surface area contributed by atoms with Crippen LogP contribution in [0.15, 0.2) is 57.8 Å². The molecular weight excluding hydrogens is 466 g/mol. The number of piperidine rings is 1. The molecule has 4 rings (SSSR count). The van der Waals surface area contributed by atoms with Gasteiger partial charge in [0.05, 0.1) is 19.6 Å². The zero-order chi connectivity index (χ0) is 23.6. The maximum absolute atomic E-state index is 13.0. The van der Waals surface area contributed by atoms with Gasteiger partial charge in [0.15, 0.2) is 5.84 Å². The van der Waals surface area contributed by atoms with E-state index in [1.54, 1.807) is 48.5 Å². The molecule has 0 bridgehead atoms. The fourth-order valence-corrected chi connectivity index (χ4v) is 5.51. The number of methoxy groups -OCH3 is 1. The quantitative estimate of drug-likeness (QED) is 0.647. The Bertz CT molecular complexity index is 1190. The van der Waals surface area contributed by atoms with Gasteiger partial charge in [-0.15, -0.1) is 4.40 Å². The van der Waals surface area contributed by atoms with Crippen LogP contribution >= 0.6 is 11.6 Å². The van der Waals surface area contributed by atoms with E-state index in [2.05, 4.69) is 9.71 Å². The third-order valence-electron chi connectivity index (χ3n) is 5.97. The molecule has 0 unspecified atom stereocenters. The second kappa shape index (κ2) is 9.52. The molecule has 8 nitrogen and oxygen atoms in total. The first-order valence-corrected chi connectivity index (χ1v) is 12.4. The smallest absolute Gasteiger partial charge is 0.307 e. The van der Waals surface area contributed by atoms with E-state index in [-0.39, 0.29) is 23.1 Å². The fourth-order valence-electron chi connectivity index (χ4n) is 4.16. The number of fused-ring (bicyclic) bond motifs is 1. The molecular formula is C23H24ClN3O5S. The van der Waals surface area contributed by atoms with Gasteiger partial charge < -0.3 is 15.0 Å². The third kappa shape index (κ3) is 5.04. The summed E-state index contributed by atoms with van der Waals surface area (Å²) < 4.78 is 33.4. The number of amidine groups is 1. The minimum Gasteiger partial charge on any atom is -0.469 e. The van der Waals surface area contributed by atoms with Crippen LogP contribution in [0.4, 0.5) is 0 Å². The number of hydrogen-bond acceptors (Lipinski definition) is 6. The molecule has 2 aliphatic rings. The molecule has 1 fully saturated rings. The molecule has 0 aliphatic carbocycles. The number of esters is 1. The van der Waals surface area contributed by atoms with Crippen LogP contribution in [-0.2, 0) is 24.3 Å². The van der Waals surface area contributed by atoms with Crippen LogP contribution in [0.3, 0.4) is 0 Å². The van der Waals surface area contributed by atoms with Crippen molar-refractivity contribution in [3.63, 3.8) is 0 Å². The highest BCUT2D eigenvalue weighted by molar-refractivity contribution is 7.90. The molecule has 33 heavy (non-hydrogen) atoms. The Morgan fingerprint density at radius 2 is 1.82 bits per heavy atom. The summed E-state index contributed by atoms with van der Waals surface area (Å²) in [6.45, 7) is 1.01. The van der Waals surface area contributed by atoms with E-state index in [1.807, 2.05) is 4.90 Å². The number of nitrogens with one attached hydrogen (secondary N) is 1. The minimum atomic E-state index is -3.68. The predicted octanol–water partition coefficient (Wildman–Crippen LogP) is 2.92. The molecule has 0 aromatic heterocycles. The van der Waals surface area contributed by atoms with Gasteiger partial charge in [-0.05, 0) is 42.7 Å². The highest BCUT2D eigenvalue weighted by Gasteiger charge is 2.35. The van der Waals surface area contributed by atoms with Crippen molar-refractivity contribution in [3.8, 4) is 0 Å². The van der Waals surface area contributed by atoms with Crippen molar-refractivity contribution in [2.45, 2.75) is 30.2 Å². The van der Waals surface area contributed by atoms with Crippen molar-refractivity contribution in [1.29, 1.82) is 0 Å². The van der Waals surface area contributed by atoms with Gasteiger partial charge in [-0.25, -0.2) is 0 Å². The van der Waals surface area contributed by atoms with Crippen LogP contribution in [0.1, 0.15) is 36.4 Å². The Balaban J connectivity index is 1.42. The number of hydrogen-bond donors (Lipinski definition) is 1. The Morgan fingerprint density at radius 3 is 2.48 bits per heavy atom. The van der Waals surface area contributed by atoms with Crippen LogP contribution in [0.5, 0.6) is 0 Å². The van der Waals surface area contributed by atoms with Gasteiger partial charge in [-0.1, -0.05) is 35.9 Å². The van der Waals surface area contributed by atoms with Gasteiger partial charge in [0.1, 0.15) is 4.90 Å². The Hall–Kier alpha value is -2.91. The van der Waals surface area contributed by atoms with Gasteiger partial charge in [0, 0.05) is 29.6 Å². The summed E-state index contributed by atoms with van der Waals surface area (Å²) >= 11 is 5.96. The fraction of sp³-hybridized carbons (Fsp3) is 0.348. The molecule has 0 radical (unpaired) electrons. The number of sulfonamides is 1. The maximum Gasteiger partial charge on any atom is 0.307 e. The lowest BCUT2D eigenvalue weighted by Crippen LogP contribution is -2.44. The molecule has 2 aromatic carbocycles. The second-order valence-corrected chi connectivity index (χ2v) is 10.0. The number of amides is 1. The average molecular weight is 490 g/mol. The summed E-state index contributed by atoms with van der Waals surface area (Å²) in [6.07, 6.45) is 1.09.